The van der Waals surface area contributed by atoms with Gasteiger partial charge in [0.25, 0.3) is 5.91 Å². The Morgan fingerprint density at radius 1 is 1.19 bits per heavy atom. The third-order valence-corrected chi connectivity index (χ3v) is 7.10. The lowest BCUT2D eigenvalue weighted by molar-refractivity contribution is -0.113. The van der Waals surface area contributed by atoms with Crippen molar-refractivity contribution in [1.82, 2.24) is 4.90 Å². The molecule has 1 amide bonds. The van der Waals surface area contributed by atoms with E-state index in [9.17, 15) is 14.3 Å². The normalized spacial score (nSPS) is 18.4. The molecule has 0 unspecified atom stereocenters. The highest BCUT2D eigenvalue weighted by molar-refractivity contribution is 8.18. The third kappa shape index (κ3) is 4.74. The quantitative estimate of drug-likeness (QED) is 0.645. The van der Waals surface area contributed by atoms with E-state index in [4.69, 9.17) is 4.74 Å². The lowest BCUT2D eigenvalue weighted by Crippen LogP contribution is -2.38. The molecule has 0 radical (unpaired) electrons. The van der Waals surface area contributed by atoms with Crippen molar-refractivity contribution >= 4 is 28.9 Å². The van der Waals surface area contributed by atoms with Gasteiger partial charge < -0.3 is 14.7 Å². The summed E-state index contributed by atoms with van der Waals surface area (Å²) in [4.78, 5) is 19.1. The summed E-state index contributed by atoms with van der Waals surface area (Å²) in [7, 11) is 0. The number of amidine groups is 1. The lowest BCUT2D eigenvalue weighted by atomic mass is 9.80. The number of hydrogen-bond donors (Lipinski definition) is 1. The van der Waals surface area contributed by atoms with Gasteiger partial charge in [-0.15, -0.1) is 0 Å². The fourth-order valence-electron chi connectivity index (χ4n) is 3.75. The number of aliphatic imine (C=N–C) groups is 1. The minimum atomic E-state index is -0.386. The van der Waals surface area contributed by atoms with Gasteiger partial charge in [-0.2, -0.15) is 4.99 Å². The van der Waals surface area contributed by atoms with Crippen LogP contribution in [0.2, 0.25) is 0 Å². The summed E-state index contributed by atoms with van der Waals surface area (Å²) in [6.07, 6.45) is 2.54. The molecule has 2 aliphatic heterocycles. The molecule has 0 bridgehead atoms. The molecule has 4 rings (SSSR count). The molecule has 1 fully saturated rings. The van der Waals surface area contributed by atoms with E-state index < -0.39 is 0 Å². The molecule has 0 aromatic heterocycles. The van der Waals surface area contributed by atoms with Crippen LogP contribution < -0.4 is 0 Å². The molecule has 7 heteroatoms. The van der Waals surface area contributed by atoms with Gasteiger partial charge in [0.1, 0.15) is 11.6 Å². The molecule has 2 heterocycles. The highest BCUT2D eigenvalue weighted by Gasteiger charge is 2.27. The molecule has 1 N–H and O–H groups in total. The van der Waals surface area contributed by atoms with Crippen LogP contribution in [0, 0.1) is 5.82 Å². The smallest absolute Gasteiger partial charge is 0.286 e. The Kier molecular flexibility index (Phi) is 6.40. The van der Waals surface area contributed by atoms with Gasteiger partial charge in [0.2, 0.25) is 0 Å². The zero-order valence-corrected chi connectivity index (χ0v) is 19.3. The van der Waals surface area contributed by atoms with Gasteiger partial charge in [0, 0.05) is 18.7 Å². The molecule has 2 aromatic carbocycles. The number of halogens is 1. The minimum absolute atomic E-state index is 0.210. The number of carbonyl (C=O) groups excluding carboxylic acids is 1. The van der Waals surface area contributed by atoms with Crippen LogP contribution in [0.4, 0.5) is 4.39 Å². The summed E-state index contributed by atoms with van der Waals surface area (Å²) < 4.78 is 19.9. The van der Waals surface area contributed by atoms with Crippen LogP contribution in [0.1, 0.15) is 38.3 Å². The summed E-state index contributed by atoms with van der Waals surface area (Å²) in [5.41, 5.74) is 2.72. The van der Waals surface area contributed by atoms with Crippen LogP contribution in [0.3, 0.4) is 0 Å². The van der Waals surface area contributed by atoms with Crippen molar-refractivity contribution in [1.29, 1.82) is 0 Å². The van der Waals surface area contributed by atoms with Gasteiger partial charge in [-0.25, -0.2) is 4.39 Å². The Labute approximate surface area is 192 Å². The van der Waals surface area contributed by atoms with Gasteiger partial charge in [-0.05, 0) is 76.7 Å². The number of hydrogen-bond acceptors (Lipinski definition) is 5. The van der Waals surface area contributed by atoms with E-state index in [2.05, 4.69) is 25.8 Å². The van der Waals surface area contributed by atoms with E-state index in [0.29, 0.717) is 47.5 Å². The van der Waals surface area contributed by atoms with Crippen molar-refractivity contribution in [3.63, 3.8) is 0 Å². The van der Waals surface area contributed by atoms with E-state index in [-0.39, 0.29) is 22.9 Å². The maximum Gasteiger partial charge on any atom is 0.286 e. The second-order valence-electron chi connectivity index (χ2n) is 8.65. The number of thioether (sulfide) groups is 1. The lowest BCUT2D eigenvalue weighted by Gasteiger charge is -2.27. The van der Waals surface area contributed by atoms with E-state index >= 15 is 0 Å². The topological polar surface area (TPSA) is 62.1 Å². The predicted octanol–water partition coefficient (Wildman–Crippen LogP) is 5.19. The molecular weight excluding hydrogens is 427 g/mol. The second kappa shape index (κ2) is 9.08. The first-order chi connectivity index (χ1) is 15.3. The van der Waals surface area contributed by atoms with Gasteiger partial charge >= 0.3 is 0 Å². The number of aromatic hydroxyl groups is 1. The van der Waals surface area contributed by atoms with Gasteiger partial charge in [0.05, 0.1) is 18.1 Å². The average Bonchev–Trinajstić information content (AvgIpc) is 3.14. The standard InChI is InChI=1S/C25H27FN2O3S/c1-4-25(2,3)20-15-17(5-6-21(20)29)18-11-16(12-19(26)14-18)13-22-23(30)27-24(32-22)28-7-9-31-10-8-28/h5-6,11-15,29H,4,7-10H2,1-3H3. The number of ether oxygens (including phenoxy) is 1. The Hall–Kier alpha value is -2.64. The predicted molar refractivity (Wildman–Crippen MR) is 127 cm³/mol. The monoisotopic (exact) mass is 454 g/mol. The summed E-state index contributed by atoms with van der Waals surface area (Å²) in [6, 6.07) is 10.1. The van der Waals surface area contributed by atoms with Gasteiger partial charge in [-0.1, -0.05) is 26.8 Å². The number of nitrogens with zero attached hydrogens (tertiary/aromatic N) is 2. The molecule has 0 aliphatic carbocycles. The van der Waals surface area contributed by atoms with Crippen LogP contribution in [0.15, 0.2) is 46.3 Å². The van der Waals surface area contributed by atoms with Crippen molar-refractivity contribution in [2.75, 3.05) is 26.3 Å². The SMILES string of the molecule is CCC(C)(C)c1cc(-c2cc(F)cc(C=C3SC(N4CCOCC4)=NC3=O)c2)ccc1O. The molecule has 0 spiro atoms. The Bertz CT molecular complexity index is 1100. The molecule has 2 aromatic rings. The first-order valence-corrected chi connectivity index (χ1v) is 11.6. The van der Waals surface area contributed by atoms with Crippen LogP contribution in [0.5, 0.6) is 5.75 Å². The second-order valence-corrected chi connectivity index (χ2v) is 9.66. The molecule has 2 aliphatic rings. The van der Waals surface area contributed by atoms with E-state index in [1.54, 1.807) is 18.2 Å². The number of benzene rings is 2. The molecule has 32 heavy (non-hydrogen) atoms. The summed E-state index contributed by atoms with van der Waals surface area (Å²) >= 11 is 1.31. The number of phenolic OH excluding ortho intramolecular Hbond substituents is 1. The largest absolute Gasteiger partial charge is 0.508 e. The number of amides is 1. The number of phenols is 1. The average molecular weight is 455 g/mol. The van der Waals surface area contributed by atoms with Crippen LogP contribution in [-0.2, 0) is 14.9 Å². The molecular formula is C25H27FN2O3S. The van der Waals surface area contributed by atoms with Gasteiger partial charge in [0.15, 0.2) is 5.17 Å². The summed E-state index contributed by atoms with van der Waals surface area (Å²) in [6.45, 7) is 8.85. The van der Waals surface area contributed by atoms with Crippen molar-refractivity contribution in [3.8, 4) is 16.9 Å². The molecule has 1 saturated heterocycles. The van der Waals surface area contributed by atoms with Gasteiger partial charge in [-0.3, -0.25) is 4.79 Å². The van der Waals surface area contributed by atoms with Crippen molar-refractivity contribution in [3.05, 3.63) is 58.2 Å². The van der Waals surface area contributed by atoms with Crippen LogP contribution >= 0.6 is 11.8 Å². The first kappa shape index (κ1) is 22.6. The van der Waals surface area contributed by atoms with Crippen LogP contribution in [0.25, 0.3) is 17.2 Å². The Morgan fingerprint density at radius 2 is 1.94 bits per heavy atom. The zero-order chi connectivity index (χ0) is 22.9. The maximum atomic E-state index is 14.5. The first-order valence-electron chi connectivity index (χ1n) is 10.8. The highest BCUT2D eigenvalue weighted by Crippen LogP contribution is 2.37. The summed E-state index contributed by atoms with van der Waals surface area (Å²) in [5.74, 6) is -0.456. The Balaban J connectivity index is 1.63. The van der Waals surface area contributed by atoms with E-state index in [1.807, 2.05) is 17.0 Å². The Morgan fingerprint density at radius 3 is 2.66 bits per heavy atom. The molecule has 0 atom stereocenters. The molecule has 5 nitrogen and oxygen atoms in total. The van der Waals surface area contributed by atoms with Crippen molar-refractivity contribution in [2.45, 2.75) is 32.6 Å². The number of rotatable bonds is 4. The fraction of sp³-hybridized carbons (Fsp3) is 0.360. The fourth-order valence-corrected chi connectivity index (χ4v) is 4.71. The minimum Gasteiger partial charge on any atom is -0.508 e. The highest BCUT2D eigenvalue weighted by atomic mass is 32.2. The van der Waals surface area contributed by atoms with Crippen molar-refractivity contribution in [2.24, 2.45) is 4.99 Å². The number of carbonyl (C=O) groups is 1. The van der Waals surface area contributed by atoms with Crippen molar-refractivity contribution < 1.29 is 19.0 Å². The van der Waals surface area contributed by atoms with E-state index in [0.717, 1.165) is 17.5 Å². The molecule has 0 saturated carbocycles. The zero-order valence-electron chi connectivity index (χ0n) is 18.5. The van der Waals surface area contributed by atoms with Crippen LogP contribution in [-0.4, -0.2) is 47.4 Å². The van der Waals surface area contributed by atoms with E-state index in [1.165, 1.54) is 23.9 Å². The summed E-state index contributed by atoms with van der Waals surface area (Å²) in [5, 5.41) is 11.0. The third-order valence-electron chi connectivity index (χ3n) is 6.05. The molecule has 168 valence electrons. The maximum absolute atomic E-state index is 14.5. The number of morpholine rings is 1.